The van der Waals surface area contributed by atoms with E-state index in [0.717, 1.165) is 58.2 Å². The van der Waals surface area contributed by atoms with Crippen LogP contribution in [0.5, 0.6) is 0 Å². The second-order valence-corrected chi connectivity index (χ2v) is 9.81. The van der Waals surface area contributed by atoms with Crippen LogP contribution in [-0.2, 0) is 16.0 Å². The zero-order valence-electron chi connectivity index (χ0n) is 19.7. The van der Waals surface area contributed by atoms with Crippen LogP contribution in [0.2, 0.25) is 0 Å². The van der Waals surface area contributed by atoms with E-state index >= 15 is 0 Å². The van der Waals surface area contributed by atoms with E-state index in [2.05, 4.69) is 61.3 Å². The maximum Gasteiger partial charge on any atom is 0.246 e. The molecule has 5 heteroatoms. The highest BCUT2D eigenvalue weighted by atomic mass is 16.2. The van der Waals surface area contributed by atoms with Gasteiger partial charge < -0.3 is 15.1 Å². The molecule has 2 saturated heterocycles. The van der Waals surface area contributed by atoms with Crippen LogP contribution < -0.4 is 5.32 Å². The minimum absolute atomic E-state index is 0.0811. The minimum Gasteiger partial charge on any atom is -0.342 e. The summed E-state index contributed by atoms with van der Waals surface area (Å²) in [5.41, 5.74) is 0.764. The summed E-state index contributed by atoms with van der Waals surface area (Å²) in [6.45, 7) is 9.92. The van der Waals surface area contributed by atoms with E-state index < -0.39 is 5.54 Å². The number of amides is 2. The molecule has 1 N–H and O–H groups in total. The third-order valence-corrected chi connectivity index (χ3v) is 6.97. The molecule has 172 valence electrons. The molecule has 0 bridgehead atoms. The van der Waals surface area contributed by atoms with Gasteiger partial charge in [0, 0.05) is 19.6 Å². The number of nitrogens with one attached hydrogen (secondary N) is 1. The quantitative estimate of drug-likeness (QED) is 0.574. The van der Waals surface area contributed by atoms with Crippen LogP contribution in [0, 0.1) is 5.92 Å². The van der Waals surface area contributed by atoms with Gasteiger partial charge in [-0.15, -0.1) is 0 Å². The Morgan fingerprint density at radius 3 is 2.39 bits per heavy atom. The average molecular weight is 428 g/mol. The number of hydrogen-bond donors (Lipinski definition) is 1. The Labute approximate surface area is 188 Å². The SMILES string of the molecule is CCCCN1C(=O)[C@H](CC(C)C)NC(=O)C12CCN(CCCCc1ccccc1)CC2. The third-order valence-electron chi connectivity index (χ3n) is 6.97. The Morgan fingerprint density at radius 2 is 1.74 bits per heavy atom. The fourth-order valence-electron chi connectivity index (χ4n) is 5.10. The molecule has 0 aromatic heterocycles. The van der Waals surface area contributed by atoms with Crippen LogP contribution >= 0.6 is 0 Å². The minimum atomic E-state index is -0.639. The van der Waals surface area contributed by atoms with E-state index in [-0.39, 0.29) is 17.9 Å². The van der Waals surface area contributed by atoms with Gasteiger partial charge in [-0.1, -0.05) is 57.5 Å². The molecule has 3 rings (SSSR count). The number of rotatable bonds is 10. The number of hydrogen-bond acceptors (Lipinski definition) is 3. The van der Waals surface area contributed by atoms with Crippen molar-refractivity contribution in [3.63, 3.8) is 0 Å². The normalized spacial score (nSPS) is 21.7. The van der Waals surface area contributed by atoms with E-state index in [1.807, 2.05) is 4.90 Å². The van der Waals surface area contributed by atoms with Gasteiger partial charge in [0.2, 0.25) is 11.8 Å². The molecule has 5 nitrogen and oxygen atoms in total. The molecule has 2 aliphatic heterocycles. The molecular formula is C26H41N3O2. The number of benzene rings is 1. The first kappa shape index (κ1) is 23.8. The van der Waals surface area contributed by atoms with Crippen molar-refractivity contribution < 1.29 is 9.59 Å². The fourth-order valence-corrected chi connectivity index (χ4v) is 5.10. The van der Waals surface area contributed by atoms with Crippen molar-refractivity contribution in [3.8, 4) is 0 Å². The van der Waals surface area contributed by atoms with Crippen molar-refractivity contribution in [1.82, 2.24) is 15.1 Å². The molecule has 2 fully saturated rings. The molecule has 0 saturated carbocycles. The standard InChI is InChI=1S/C26H41N3O2/c1-4-5-17-29-24(30)23(20-21(2)3)27-25(31)26(29)14-18-28(19-15-26)16-10-9-13-22-11-7-6-8-12-22/h6-8,11-12,21,23H,4-5,9-10,13-20H2,1-3H3,(H,27,31)/t23-/m0/s1. The fraction of sp³-hybridized carbons (Fsp3) is 0.692. The molecule has 1 aromatic rings. The summed E-state index contributed by atoms with van der Waals surface area (Å²) in [5, 5.41) is 3.10. The number of piperazine rings is 1. The van der Waals surface area contributed by atoms with Crippen LogP contribution in [0.15, 0.2) is 30.3 Å². The van der Waals surface area contributed by atoms with Gasteiger partial charge >= 0.3 is 0 Å². The van der Waals surface area contributed by atoms with Crippen LogP contribution in [-0.4, -0.2) is 59.4 Å². The van der Waals surface area contributed by atoms with E-state index in [1.54, 1.807) is 0 Å². The maximum atomic E-state index is 13.3. The molecule has 1 atom stereocenters. The topological polar surface area (TPSA) is 52.7 Å². The van der Waals surface area contributed by atoms with Crippen molar-refractivity contribution in [2.24, 2.45) is 5.92 Å². The van der Waals surface area contributed by atoms with Crippen LogP contribution in [0.4, 0.5) is 0 Å². The number of carbonyl (C=O) groups is 2. The molecule has 2 heterocycles. The van der Waals surface area contributed by atoms with E-state index in [1.165, 1.54) is 18.4 Å². The zero-order valence-corrected chi connectivity index (χ0v) is 19.7. The molecule has 0 unspecified atom stereocenters. The summed E-state index contributed by atoms with van der Waals surface area (Å²) in [4.78, 5) is 31.0. The number of likely N-dealkylation sites (tertiary alicyclic amines) is 1. The summed E-state index contributed by atoms with van der Waals surface area (Å²) < 4.78 is 0. The first-order valence-electron chi connectivity index (χ1n) is 12.3. The van der Waals surface area contributed by atoms with Gasteiger partial charge in [-0.3, -0.25) is 9.59 Å². The second-order valence-electron chi connectivity index (χ2n) is 9.81. The lowest BCUT2D eigenvalue weighted by Gasteiger charge is -2.52. The highest BCUT2D eigenvalue weighted by Gasteiger charge is 2.53. The van der Waals surface area contributed by atoms with Gasteiger partial charge in [0.15, 0.2) is 0 Å². The van der Waals surface area contributed by atoms with Crippen LogP contribution in [0.1, 0.15) is 71.3 Å². The van der Waals surface area contributed by atoms with Gasteiger partial charge in [0.1, 0.15) is 11.6 Å². The monoisotopic (exact) mass is 427 g/mol. The summed E-state index contributed by atoms with van der Waals surface area (Å²) in [6.07, 6.45) is 7.69. The van der Waals surface area contributed by atoms with Crippen molar-refractivity contribution >= 4 is 11.8 Å². The summed E-state index contributed by atoms with van der Waals surface area (Å²) in [7, 11) is 0. The average Bonchev–Trinajstić information content (AvgIpc) is 2.76. The summed E-state index contributed by atoms with van der Waals surface area (Å²) >= 11 is 0. The summed E-state index contributed by atoms with van der Waals surface area (Å²) in [6, 6.07) is 10.3. The van der Waals surface area contributed by atoms with E-state index in [9.17, 15) is 9.59 Å². The highest BCUT2D eigenvalue weighted by molar-refractivity contribution is 6.00. The molecule has 1 aromatic carbocycles. The van der Waals surface area contributed by atoms with Crippen molar-refractivity contribution in [1.29, 1.82) is 0 Å². The molecule has 1 spiro atoms. The number of unbranched alkanes of at least 4 members (excludes halogenated alkanes) is 2. The Kier molecular flexibility index (Phi) is 8.53. The Hall–Kier alpha value is -1.88. The molecule has 0 radical (unpaired) electrons. The smallest absolute Gasteiger partial charge is 0.246 e. The van der Waals surface area contributed by atoms with Gasteiger partial charge in [0.05, 0.1) is 0 Å². The first-order chi connectivity index (χ1) is 15.0. The van der Waals surface area contributed by atoms with Crippen molar-refractivity contribution in [2.45, 2.75) is 83.7 Å². The lowest BCUT2D eigenvalue weighted by Crippen LogP contribution is -2.73. The highest BCUT2D eigenvalue weighted by Crippen LogP contribution is 2.34. The molecule has 0 aliphatic carbocycles. The lowest BCUT2D eigenvalue weighted by atomic mass is 9.80. The van der Waals surface area contributed by atoms with Gasteiger partial charge in [0.25, 0.3) is 0 Å². The Morgan fingerprint density at radius 1 is 1.03 bits per heavy atom. The number of carbonyl (C=O) groups excluding carboxylic acids is 2. The van der Waals surface area contributed by atoms with Gasteiger partial charge in [-0.25, -0.2) is 0 Å². The molecule has 31 heavy (non-hydrogen) atoms. The van der Waals surface area contributed by atoms with Crippen molar-refractivity contribution in [3.05, 3.63) is 35.9 Å². The third kappa shape index (κ3) is 5.88. The van der Waals surface area contributed by atoms with E-state index in [0.29, 0.717) is 12.5 Å². The van der Waals surface area contributed by atoms with E-state index in [4.69, 9.17) is 0 Å². The predicted molar refractivity (Wildman–Crippen MR) is 126 cm³/mol. The van der Waals surface area contributed by atoms with Crippen LogP contribution in [0.25, 0.3) is 0 Å². The van der Waals surface area contributed by atoms with Gasteiger partial charge in [-0.2, -0.15) is 0 Å². The Bertz CT molecular complexity index is 711. The molecule has 2 amide bonds. The van der Waals surface area contributed by atoms with Crippen LogP contribution in [0.3, 0.4) is 0 Å². The largest absolute Gasteiger partial charge is 0.342 e. The van der Waals surface area contributed by atoms with Crippen molar-refractivity contribution in [2.75, 3.05) is 26.2 Å². The lowest BCUT2D eigenvalue weighted by molar-refractivity contribution is -0.161. The number of piperidine rings is 1. The first-order valence-corrected chi connectivity index (χ1v) is 12.3. The zero-order chi connectivity index (χ0) is 22.3. The number of aryl methyl sites for hydroxylation is 1. The number of nitrogens with zero attached hydrogens (tertiary/aromatic N) is 2. The maximum absolute atomic E-state index is 13.3. The predicted octanol–water partition coefficient (Wildman–Crippen LogP) is 4.02. The Balaban J connectivity index is 1.55. The van der Waals surface area contributed by atoms with Gasteiger partial charge in [-0.05, 0) is 63.0 Å². The summed E-state index contributed by atoms with van der Waals surface area (Å²) in [5.74, 6) is 0.602. The molecular weight excluding hydrogens is 386 g/mol. The molecule has 2 aliphatic rings. The second kappa shape index (κ2) is 11.1.